The van der Waals surface area contributed by atoms with Crippen molar-refractivity contribution in [2.45, 2.75) is 44.7 Å². The lowest BCUT2D eigenvalue weighted by Crippen LogP contribution is -2.43. The van der Waals surface area contributed by atoms with Crippen molar-refractivity contribution in [3.8, 4) is 11.5 Å². The first-order valence-corrected chi connectivity index (χ1v) is 10.3. The molecule has 2 aromatic carbocycles. The number of urea groups is 1. The highest BCUT2D eigenvalue weighted by molar-refractivity contribution is 6.36. The van der Waals surface area contributed by atoms with Gasteiger partial charge in [0.05, 0.1) is 10.7 Å². The second-order valence-electron chi connectivity index (χ2n) is 7.16. The molecule has 1 N–H and O–H groups in total. The van der Waals surface area contributed by atoms with E-state index in [2.05, 4.69) is 5.32 Å². The number of carbonyl (C=O) groups is 1. The van der Waals surface area contributed by atoms with E-state index in [0.29, 0.717) is 22.3 Å². The van der Waals surface area contributed by atoms with Crippen molar-refractivity contribution in [3.05, 3.63) is 52.0 Å². The zero-order valence-electron chi connectivity index (χ0n) is 15.4. The number of halogens is 2. The average Bonchev–Trinajstić information content (AvgIpc) is 3.16. The monoisotopic (exact) mass is 420 g/mol. The first kappa shape index (κ1) is 19.2. The van der Waals surface area contributed by atoms with Crippen LogP contribution >= 0.6 is 23.2 Å². The first-order chi connectivity index (χ1) is 13.6. The number of amides is 2. The van der Waals surface area contributed by atoms with Crippen LogP contribution in [-0.2, 0) is 6.54 Å². The van der Waals surface area contributed by atoms with E-state index >= 15 is 0 Å². The lowest BCUT2D eigenvalue weighted by molar-refractivity contribution is 0.162. The minimum absolute atomic E-state index is 0.159. The summed E-state index contributed by atoms with van der Waals surface area (Å²) in [6.07, 6.45) is 5.51. The van der Waals surface area contributed by atoms with E-state index in [-0.39, 0.29) is 18.9 Å². The Hall–Kier alpha value is -2.11. The standard InChI is InChI=1S/C21H22Cl2N2O3/c22-15-7-8-18(17(23)11-15)24-21(26)25(16-4-2-1-3-5-16)12-14-6-9-19-20(10-14)28-13-27-19/h6-11,16H,1-5,12-13H2,(H,24,26). The van der Waals surface area contributed by atoms with Gasteiger partial charge in [0.25, 0.3) is 0 Å². The molecule has 2 amide bonds. The van der Waals surface area contributed by atoms with E-state index in [1.54, 1.807) is 18.2 Å². The van der Waals surface area contributed by atoms with Gasteiger partial charge in [0.1, 0.15) is 0 Å². The molecule has 5 nitrogen and oxygen atoms in total. The molecule has 1 heterocycles. The summed E-state index contributed by atoms with van der Waals surface area (Å²) in [4.78, 5) is 15.1. The zero-order valence-corrected chi connectivity index (χ0v) is 16.9. The van der Waals surface area contributed by atoms with Crippen LogP contribution in [0.1, 0.15) is 37.7 Å². The summed E-state index contributed by atoms with van der Waals surface area (Å²) in [5, 5.41) is 3.91. The fraction of sp³-hybridized carbons (Fsp3) is 0.381. The largest absolute Gasteiger partial charge is 0.454 e. The van der Waals surface area contributed by atoms with Crippen LogP contribution in [0.4, 0.5) is 10.5 Å². The molecule has 0 saturated heterocycles. The summed E-state index contributed by atoms with van der Waals surface area (Å²) < 4.78 is 10.9. The molecule has 0 unspecified atom stereocenters. The number of hydrogen-bond donors (Lipinski definition) is 1. The van der Waals surface area contributed by atoms with Crippen molar-refractivity contribution in [2.24, 2.45) is 0 Å². The van der Waals surface area contributed by atoms with Crippen molar-refractivity contribution in [2.75, 3.05) is 12.1 Å². The smallest absolute Gasteiger partial charge is 0.322 e. The molecule has 0 atom stereocenters. The zero-order chi connectivity index (χ0) is 19.5. The van der Waals surface area contributed by atoms with Crippen LogP contribution in [0.15, 0.2) is 36.4 Å². The van der Waals surface area contributed by atoms with Crippen LogP contribution in [0, 0.1) is 0 Å². The number of rotatable bonds is 4. The van der Waals surface area contributed by atoms with Crippen LogP contribution < -0.4 is 14.8 Å². The van der Waals surface area contributed by atoms with Crippen LogP contribution in [0.5, 0.6) is 11.5 Å². The Balaban J connectivity index is 1.55. The Labute approximate surface area is 174 Å². The van der Waals surface area contributed by atoms with Gasteiger partial charge in [-0.2, -0.15) is 0 Å². The minimum Gasteiger partial charge on any atom is -0.454 e. The molecule has 0 bridgehead atoms. The maximum absolute atomic E-state index is 13.2. The van der Waals surface area contributed by atoms with Crippen molar-refractivity contribution in [1.82, 2.24) is 4.90 Å². The van der Waals surface area contributed by atoms with Gasteiger partial charge in [-0.25, -0.2) is 4.79 Å². The molecule has 28 heavy (non-hydrogen) atoms. The summed E-state index contributed by atoms with van der Waals surface area (Å²) in [5.74, 6) is 1.47. The topological polar surface area (TPSA) is 50.8 Å². The third-order valence-corrected chi connectivity index (χ3v) is 5.79. The maximum atomic E-state index is 13.2. The van der Waals surface area contributed by atoms with Gasteiger partial charge in [0, 0.05) is 17.6 Å². The van der Waals surface area contributed by atoms with Crippen molar-refractivity contribution in [3.63, 3.8) is 0 Å². The fourth-order valence-corrected chi connectivity index (χ4v) is 4.23. The van der Waals surface area contributed by atoms with E-state index < -0.39 is 0 Å². The lowest BCUT2D eigenvalue weighted by atomic mass is 9.94. The summed E-state index contributed by atoms with van der Waals surface area (Å²) >= 11 is 12.2. The van der Waals surface area contributed by atoms with Crippen LogP contribution in [-0.4, -0.2) is 23.8 Å². The molecule has 7 heteroatoms. The average molecular weight is 421 g/mol. The number of nitrogens with one attached hydrogen (secondary N) is 1. The van der Waals surface area contributed by atoms with Gasteiger partial charge >= 0.3 is 6.03 Å². The molecule has 1 aliphatic carbocycles. The lowest BCUT2D eigenvalue weighted by Gasteiger charge is -2.34. The summed E-state index contributed by atoms with van der Waals surface area (Å²) in [6.45, 7) is 0.735. The maximum Gasteiger partial charge on any atom is 0.322 e. The Morgan fingerprint density at radius 1 is 1.04 bits per heavy atom. The van der Waals surface area contributed by atoms with Crippen molar-refractivity contribution >= 4 is 34.9 Å². The number of fused-ring (bicyclic) bond motifs is 1. The van der Waals surface area contributed by atoms with E-state index in [1.807, 2.05) is 23.1 Å². The van der Waals surface area contributed by atoms with Gasteiger partial charge < -0.3 is 19.7 Å². The van der Waals surface area contributed by atoms with E-state index in [0.717, 1.165) is 42.7 Å². The third kappa shape index (κ3) is 4.31. The second-order valence-corrected chi connectivity index (χ2v) is 8.01. The molecule has 2 aliphatic rings. The number of carbonyl (C=O) groups excluding carboxylic acids is 1. The molecular weight excluding hydrogens is 399 g/mol. The van der Waals surface area contributed by atoms with Gasteiger partial charge in [-0.15, -0.1) is 0 Å². The molecule has 2 aromatic rings. The number of benzene rings is 2. The van der Waals surface area contributed by atoms with E-state index in [1.165, 1.54) is 6.42 Å². The number of anilines is 1. The number of hydrogen-bond acceptors (Lipinski definition) is 3. The van der Waals surface area contributed by atoms with Gasteiger partial charge in [0.2, 0.25) is 6.79 Å². The quantitative estimate of drug-likeness (QED) is 0.650. The number of nitrogens with zero attached hydrogens (tertiary/aromatic N) is 1. The first-order valence-electron chi connectivity index (χ1n) is 9.51. The highest BCUT2D eigenvalue weighted by Gasteiger charge is 2.27. The predicted molar refractivity (Wildman–Crippen MR) is 110 cm³/mol. The van der Waals surface area contributed by atoms with Gasteiger partial charge in [-0.1, -0.05) is 48.5 Å². The highest BCUT2D eigenvalue weighted by atomic mass is 35.5. The molecule has 0 spiro atoms. The minimum atomic E-state index is -0.159. The summed E-state index contributed by atoms with van der Waals surface area (Å²) in [6, 6.07) is 10.9. The Bertz CT molecular complexity index is 869. The third-order valence-electron chi connectivity index (χ3n) is 5.24. The van der Waals surface area contributed by atoms with Crippen molar-refractivity contribution in [1.29, 1.82) is 0 Å². The molecule has 4 rings (SSSR count). The number of ether oxygens (including phenoxy) is 2. The Kier molecular flexibility index (Phi) is 5.83. The Morgan fingerprint density at radius 2 is 1.82 bits per heavy atom. The van der Waals surface area contributed by atoms with Crippen LogP contribution in [0.25, 0.3) is 0 Å². The normalized spacial score (nSPS) is 16.1. The van der Waals surface area contributed by atoms with E-state index in [9.17, 15) is 4.79 Å². The molecule has 0 radical (unpaired) electrons. The molecule has 148 valence electrons. The van der Waals surface area contributed by atoms with Gasteiger partial charge in [0.15, 0.2) is 11.5 Å². The predicted octanol–water partition coefficient (Wildman–Crippen LogP) is 6.09. The van der Waals surface area contributed by atoms with Gasteiger partial charge in [-0.3, -0.25) is 0 Å². The molecular formula is C21H22Cl2N2O3. The SMILES string of the molecule is O=C(Nc1ccc(Cl)cc1Cl)N(Cc1ccc2c(c1)OCO2)C1CCCCC1. The molecule has 1 saturated carbocycles. The Morgan fingerprint density at radius 3 is 2.61 bits per heavy atom. The highest BCUT2D eigenvalue weighted by Crippen LogP contribution is 2.34. The van der Waals surface area contributed by atoms with Crippen LogP contribution in [0.3, 0.4) is 0 Å². The summed E-state index contributed by atoms with van der Waals surface area (Å²) in [7, 11) is 0. The van der Waals surface area contributed by atoms with Gasteiger partial charge in [-0.05, 0) is 48.7 Å². The molecule has 1 aliphatic heterocycles. The molecule has 0 aromatic heterocycles. The summed E-state index contributed by atoms with van der Waals surface area (Å²) in [5.41, 5.74) is 1.56. The van der Waals surface area contributed by atoms with E-state index in [4.69, 9.17) is 32.7 Å². The van der Waals surface area contributed by atoms with Crippen molar-refractivity contribution < 1.29 is 14.3 Å². The molecule has 1 fully saturated rings. The van der Waals surface area contributed by atoms with Crippen LogP contribution in [0.2, 0.25) is 10.0 Å². The fourth-order valence-electron chi connectivity index (χ4n) is 3.77. The second kappa shape index (κ2) is 8.50.